The van der Waals surface area contributed by atoms with Crippen LogP contribution in [0, 0.1) is 13.8 Å². The number of nitrogens with one attached hydrogen (secondary N) is 1. The van der Waals surface area contributed by atoms with E-state index in [1.807, 2.05) is 20.8 Å². The number of sulfonamides is 1. The van der Waals surface area contributed by atoms with Gasteiger partial charge in [0.2, 0.25) is 15.9 Å². The van der Waals surface area contributed by atoms with Crippen molar-refractivity contribution in [3.63, 3.8) is 0 Å². The van der Waals surface area contributed by atoms with E-state index in [0.717, 1.165) is 4.31 Å². The van der Waals surface area contributed by atoms with Gasteiger partial charge in [0, 0.05) is 22.2 Å². The van der Waals surface area contributed by atoms with Crippen LogP contribution in [0.4, 0.5) is 18.9 Å². The third kappa shape index (κ3) is 6.29. The molecule has 2 aromatic heterocycles. The van der Waals surface area contributed by atoms with Crippen LogP contribution in [0.2, 0.25) is 0 Å². The molecule has 0 saturated heterocycles. The Morgan fingerprint density at radius 1 is 1.09 bits per heavy atom. The SMILES string of the molecule is Cc1nc(-c2ccc(N(Cc3cn[nH]c3C(C)(C)C)S(=O)(=O)CC(F)(F)F)cc2)oc1C.Cl. The number of rotatable bonds is 6. The fourth-order valence-electron chi connectivity index (χ4n) is 3.24. The highest BCUT2D eigenvalue weighted by molar-refractivity contribution is 7.92. The third-order valence-electron chi connectivity index (χ3n) is 4.89. The second-order valence-electron chi connectivity index (χ2n) is 8.61. The van der Waals surface area contributed by atoms with E-state index in [9.17, 15) is 21.6 Å². The summed E-state index contributed by atoms with van der Waals surface area (Å²) in [6, 6.07) is 6.01. The van der Waals surface area contributed by atoms with Crippen LogP contribution in [0.1, 0.15) is 43.5 Å². The molecular formula is C21H26ClF3N4O3S. The molecule has 0 spiro atoms. The van der Waals surface area contributed by atoms with E-state index in [0.29, 0.717) is 34.2 Å². The molecule has 0 atom stereocenters. The van der Waals surface area contributed by atoms with Crippen LogP contribution in [0.15, 0.2) is 34.9 Å². The zero-order valence-electron chi connectivity index (χ0n) is 18.8. The summed E-state index contributed by atoms with van der Waals surface area (Å²) in [6.07, 6.45) is -3.45. The summed E-state index contributed by atoms with van der Waals surface area (Å²) < 4.78 is 71.1. The van der Waals surface area contributed by atoms with Crippen LogP contribution in [-0.2, 0) is 22.0 Å². The number of oxazole rings is 1. The van der Waals surface area contributed by atoms with Crippen molar-refractivity contribution < 1.29 is 26.0 Å². The van der Waals surface area contributed by atoms with E-state index in [1.165, 1.54) is 18.3 Å². The molecule has 12 heteroatoms. The fourth-order valence-corrected chi connectivity index (χ4v) is 4.58. The summed E-state index contributed by atoms with van der Waals surface area (Å²) in [5, 5.41) is 6.79. The maximum absolute atomic E-state index is 13.1. The largest absolute Gasteiger partial charge is 0.441 e. The molecule has 0 aliphatic heterocycles. The Hall–Kier alpha value is -2.53. The van der Waals surface area contributed by atoms with Crippen molar-refractivity contribution in [1.82, 2.24) is 15.2 Å². The van der Waals surface area contributed by atoms with E-state index in [1.54, 1.807) is 26.0 Å². The van der Waals surface area contributed by atoms with Crippen molar-refractivity contribution in [2.75, 3.05) is 10.1 Å². The summed E-state index contributed by atoms with van der Waals surface area (Å²) in [7, 11) is -4.72. The number of aryl methyl sites for hydroxylation is 2. The number of halogens is 4. The average Bonchev–Trinajstić information content (AvgIpc) is 3.24. The molecule has 0 amide bonds. The van der Waals surface area contributed by atoms with Crippen molar-refractivity contribution in [1.29, 1.82) is 0 Å². The van der Waals surface area contributed by atoms with E-state index in [2.05, 4.69) is 15.2 Å². The number of aromatic nitrogens is 3. The molecule has 0 aliphatic carbocycles. The Labute approximate surface area is 196 Å². The van der Waals surface area contributed by atoms with Crippen LogP contribution in [-0.4, -0.2) is 35.5 Å². The predicted molar refractivity (Wildman–Crippen MR) is 122 cm³/mol. The summed E-state index contributed by atoms with van der Waals surface area (Å²) >= 11 is 0. The van der Waals surface area contributed by atoms with Gasteiger partial charge in [0.15, 0.2) is 5.75 Å². The molecule has 2 heterocycles. The van der Waals surface area contributed by atoms with E-state index in [-0.39, 0.29) is 24.6 Å². The number of aromatic amines is 1. The van der Waals surface area contributed by atoms with Crippen molar-refractivity contribution in [3.05, 3.63) is 53.2 Å². The molecule has 0 bridgehead atoms. The first-order valence-electron chi connectivity index (χ1n) is 9.82. The summed E-state index contributed by atoms with van der Waals surface area (Å²) in [5.74, 6) is -0.975. The van der Waals surface area contributed by atoms with Crippen LogP contribution >= 0.6 is 12.4 Å². The number of hydrogen-bond acceptors (Lipinski definition) is 5. The molecule has 1 N–H and O–H groups in total. The summed E-state index contributed by atoms with van der Waals surface area (Å²) in [5.41, 5.74) is 2.12. The molecule has 0 saturated carbocycles. The lowest BCUT2D eigenvalue weighted by atomic mass is 9.89. The van der Waals surface area contributed by atoms with Gasteiger partial charge in [-0.2, -0.15) is 18.3 Å². The number of benzene rings is 1. The highest BCUT2D eigenvalue weighted by Crippen LogP contribution is 2.31. The van der Waals surface area contributed by atoms with Gasteiger partial charge in [-0.25, -0.2) is 13.4 Å². The lowest BCUT2D eigenvalue weighted by molar-refractivity contribution is -0.106. The maximum Gasteiger partial charge on any atom is 0.404 e. The van der Waals surface area contributed by atoms with Crippen molar-refractivity contribution in [2.45, 2.75) is 52.8 Å². The summed E-state index contributed by atoms with van der Waals surface area (Å²) in [6.45, 7) is 8.95. The van der Waals surface area contributed by atoms with Crippen LogP contribution in [0.25, 0.3) is 11.5 Å². The Kier molecular flexibility index (Phi) is 7.59. The number of H-pyrrole nitrogens is 1. The molecule has 3 aromatic rings. The second-order valence-corrected chi connectivity index (χ2v) is 10.5. The van der Waals surface area contributed by atoms with Gasteiger partial charge in [-0.15, -0.1) is 12.4 Å². The smallest absolute Gasteiger partial charge is 0.404 e. The monoisotopic (exact) mass is 506 g/mol. The normalized spacial score (nSPS) is 12.5. The van der Waals surface area contributed by atoms with Gasteiger partial charge in [0.25, 0.3) is 0 Å². The molecular weight excluding hydrogens is 481 g/mol. The van der Waals surface area contributed by atoms with Crippen molar-refractivity contribution in [2.24, 2.45) is 0 Å². The Balaban J connectivity index is 0.00000385. The lowest BCUT2D eigenvalue weighted by Crippen LogP contribution is -2.38. The number of hydrogen-bond donors (Lipinski definition) is 1. The topological polar surface area (TPSA) is 92.1 Å². The first-order valence-corrected chi connectivity index (χ1v) is 11.4. The Morgan fingerprint density at radius 3 is 2.18 bits per heavy atom. The van der Waals surface area contributed by atoms with Gasteiger partial charge < -0.3 is 4.42 Å². The van der Waals surface area contributed by atoms with Crippen LogP contribution < -0.4 is 4.31 Å². The quantitative estimate of drug-likeness (QED) is 0.490. The first-order chi connectivity index (χ1) is 14.7. The molecule has 3 rings (SSSR count). The second kappa shape index (κ2) is 9.38. The van der Waals surface area contributed by atoms with E-state index < -0.39 is 27.4 Å². The van der Waals surface area contributed by atoms with Crippen molar-refractivity contribution in [3.8, 4) is 11.5 Å². The van der Waals surface area contributed by atoms with Gasteiger partial charge in [0.05, 0.1) is 24.1 Å². The third-order valence-corrected chi connectivity index (χ3v) is 6.60. The minimum atomic E-state index is -4.88. The minimum Gasteiger partial charge on any atom is -0.441 e. The molecule has 0 fully saturated rings. The molecule has 7 nitrogen and oxygen atoms in total. The predicted octanol–water partition coefficient (Wildman–Crippen LogP) is 5.30. The Morgan fingerprint density at radius 2 is 1.70 bits per heavy atom. The zero-order valence-corrected chi connectivity index (χ0v) is 20.5. The first kappa shape index (κ1) is 26.7. The van der Waals surface area contributed by atoms with E-state index in [4.69, 9.17) is 4.42 Å². The van der Waals surface area contributed by atoms with Crippen LogP contribution in [0.5, 0.6) is 0 Å². The molecule has 182 valence electrons. The number of alkyl halides is 3. The van der Waals surface area contributed by atoms with Gasteiger partial charge in [-0.1, -0.05) is 20.8 Å². The molecule has 33 heavy (non-hydrogen) atoms. The highest BCUT2D eigenvalue weighted by Gasteiger charge is 2.39. The molecule has 0 radical (unpaired) electrons. The Bertz CT molecular complexity index is 1180. The molecule has 1 aromatic carbocycles. The van der Waals surface area contributed by atoms with Crippen molar-refractivity contribution >= 4 is 28.1 Å². The highest BCUT2D eigenvalue weighted by atomic mass is 35.5. The van der Waals surface area contributed by atoms with Gasteiger partial charge in [-0.05, 0) is 38.1 Å². The maximum atomic E-state index is 13.1. The fraction of sp³-hybridized carbons (Fsp3) is 0.429. The molecule has 0 aliphatic rings. The average molecular weight is 507 g/mol. The van der Waals surface area contributed by atoms with Crippen LogP contribution in [0.3, 0.4) is 0 Å². The molecule has 0 unspecified atom stereocenters. The van der Waals surface area contributed by atoms with Gasteiger partial charge >= 0.3 is 6.18 Å². The standard InChI is InChI=1S/C21H25F3N4O3S.ClH/c1-13-14(2)31-19(26-13)15-6-8-17(9-7-15)28(32(29,30)12-21(22,23)24)11-16-10-25-27-18(16)20(3,4)5;/h6-10H,11-12H2,1-5H3,(H,25,27);1H. The van der Waals surface area contributed by atoms with Gasteiger partial charge in [-0.3, -0.25) is 9.40 Å². The van der Waals surface area contributed by atoms with Gasteiger partial charge in [0.1, 0.15) is 5.76 Å². The summed E-state index contributed by atoms with van der Waals surface area (Å²) in [4.78, 5) is 4.29. The number of anilines is 1. The van der Waals surface area contributed by atoms with E-state index >= 15 is 0 Å². The lowest BCUT2D eigenvalue weighted by Gasteiger charge is -2.27. The zero-order chi connectivity index (χ0) is 23.9. The minimum absolute atomic E-state index is 0. The number of nitrogens with zero attached hydrogens (tertiary/aromatic N) is 3.